The number of para-hydroxylation sites is 1. The third-order valence-electron chi connectivity index (χ3n) is 4.59. The van der Waals surface area contributed by atoms with Crippen LogP contribution in [0.2, 0.25) is 0 Å². The number of fused-ring (bicyclic) bond motifs is 1. The van der Waals surface area contributed by atoms with Gasteiger partial charge in [0.15, 0.2) is 0 Å². The fourth-order valence-corrected chi connectivity index (χ4v) is 4.17. The van der Waals surface area contributed by atoms with Gasteiger partial charge >= 0.3 is 4.87 Å². The maximum atomic E-state index is 12.2. The molecule has 0 bridgehead atoms. The van der Waals surface area contributed by atoms with Gasteiger partial charge in [-0.3, -0.25) is 14.2 Å². The normalized spacial score (nSPS) is 21.9. The maximum Gasteiger partial charge on any atom is 0.308 e. The van der Waals surface area contributed by atoms with Gasteiger partial charge in [0.1, 0.15) is 0 Å². The molecule has 0 aliphatic heterocycles. The molecule has 1 N–H and O–H groups in total. The van der Waals surface area contributed by atoms with Gasteiger partial charge < -0.3 is 5.32 Å². The Bertz CT molecular complexity index is 719. The highest BCUT2D eigenvalue weighted by Gasteiger charge is 2.22. The largest absolute Gasteiger partial charge is 0.353 e. The van der Waals surface area contributed by atoms with Crippen LogP contribution in [0, 0.1) is 5.92 Å². The number of hydrogen-bond donors (Lipinski definition) is 1. The number of nitrogens with one attached hydrogen (secondary N) is 1. The van der Waals surface area contributed by atoms with Gasteiger partial charge in [-0.05, 0) is 30.9 Å². The van der Waals surface area contributed by atoms with Gasteiger partial charge in [-0.15, -0.1) is 0 Å². The van der Waals surface area contributed by atoms with Crippen LogP contribution in [0.15, 0.2) is 29.1 Å². The number of amides is 1. The summed E-state index contributed by atoms with van der Waals surface area (Å²) in [6, 6.07) is 8.04. The molecule has 0 saturated heterocycles. The second kappa shape index (κ2) is 6.65. The first-order valence-electron chi connectivity index (χ1n) is 8.03. The maximum absolute atomic E-state index is 12.2. The number of hydrogen-bond acceptors (Lipinski definition) is 3. The van der Waals surface area contributed by atoms with E-state index in [1.807, 2.05) is 24.3 Å². The SMILES string of the molecule is C[C@H]1CCCC[C@H]1NC(=O)CCn1c(=O)sc2ccccc21. The van der Waals surface area contributed by atoms with Crippen molar-refractivity contribution in [1.29, 1.82) is 0 Å². The fraction of sp³-hybridized carbons (Fsp3) is 0.529. The summed E-state index contributed by atoms with van der Waals surface area (Å²) in [7, 11) is 0. The zero-order valence-corrected chi connectivity index (χ0v) is 13.7. The van der Waals surface area contributed by atoms with Gasteiger partial charge in [0, 0.05) is 19.0 Å². The third-order valence-corrected chi connectivity index (χ3v) is 5.55. The van der Waals surface area contributed by atoms with Crippen molar-refractivity contribution < 1.29 is 4.79 Å². The highest BCUT2D eigenvalue weighted by Crippen LogP contribution is 2.23. The Kier molecular flexibility index (Phi) is 4.62. The molecule has 1 saturated carbocycles. The summed E-state index contributed by atoms with van der Waals surface area (Å²) in [5, 5.41) is 3.15. The molecule has 1 aliphatic rings. The van der Waals surface area contributed by atoms with E-state index in [1.165, 1.54) is 30.6 Å². The van der Waals surface area contributed by atoms with Crippen LogP contribution in [0.1, 0.15) is 39.0 Å². The molecule has 1 fully saturated rings. The van der Waals surface area contributed by atoms with Crippen LogP contribution in [0.3, 0.4) is 0 Å². The van der Waals surface area contributed by atoms with E-state index in [2.05, 4.69) is 12.2 Å². The molecule has 22 heavy (non-hydrogen) atoms. The first-order chi connectivity index (χ1) is 10.6. The predicted molar refractivity (Wildman–Crippen MR) is 90.3 cm³/mol. The van der Waals surface area contributed by atoms with Crippen molar-refractivity contribution in [3.63, 3.8) is 0 Å². The minimum absolute atomic E-state index is 0.0139. The molecule has 0 unspecified atom stereocenters. The lowest BCUT2D eigenvalue weighted by Crippen LogP contribution is -2.41. The lowest BCUT2D eigenvalue weighted by atomic mass is 9.86. The van der Waals surface area contributed by atoms with Gasteiger partial charge in [-0.1, -0.05) is 43.2 Å². The van der Waals surface area contributed by atoms with Crippen LogP contribution in [-0.4, -0.2) is 16.5 Å². The van der Waals surface area contributed by atoms with Gasteiger partial charge in [0.2, 0.25) is 5.91 Å². The summed E-state index contributed by atoms with van der Waals surface area (Å²) in [6.07, 6.45) is 5.10. The molecule has 2 atom stereocenters. The summed E-state index contributed by atoms with van der Waals surface area (Å²) in [5.41, 5.74) is 0.927. The molecule has 1 aromatic heterocycles. The first kappa shape index (κ1) is 15.3. The van der Waals surface area contributed by atoms with E-state index in [4.69, 9.17) is 0 Å². The lowest BCUT2D eigenvalue weighted by Gasteiger charge is -2.29. The first-order valence-corrected chi connectivity index (χ1v) is 8.84. The molecular weight excluding hydrogens is 296 g/mol. The Hall–Kier alpha value is -1.62. The van der Waals surface area contributed by atoms with Crippen molar-refractivity contribution in [2.45, 2.75) is 51.6 Å². The average Bonchev–Trinajstić information content (AvgIpc) is 2.83. The Morgan fingerprint density at radius 3 is 2.91 bits per heavy atom. The summed E-state index contributed by atoms with van der Waals surface area (Å²) in [4.78, 5) is 24.2. The summed E-state index contributed by atoms with van der Waals surface area (Å²) in [6.45, 7) is 2.66. The zero-order valence-electron chi connectivity index (χ0n) is 12.9. The molecule has 3 rings (SSSR count). The molecule has 2 aromatic rings. The van der Waals surface area contributed by atoms with Gasteiger partial charge in [-0.25, -0.2) is 0 Å². The Labute approximate surface area is 134 Å². The minimum Gasteiger partial charge on any atom is -0.353 e. The Morgan fingerprint density at radius 1 is 1.32 bits per heavy atom. The number of carbonyl (C=O) groups is 1. The van der Waals surface area contributed by atoms with E-state index in [0.717, 1.165) is 16.6 Å². The number of benzene rings is 1. The second-order valence-corrected chi connectivity index (χ2v) is 7.17. The van der Waals surface area contributed by atoms with Crippen LogP contribution in [0.5, 0.6) is 0 Å². The number of thiazole rings is 1. The number of aromatic nitrogens is 1. The quantitative estimate of drug-likeness (QED) is 0.941. The molecule has 0 radical (unpaired) electrons. The average molecular weight is 318 g/mol. The number of carbonyl (C=O) groups excluding carboxylic acids is 1. The summed E-state index contributed by atoms with van der Waals surface area (Å²) in [5.74, 6) is 0.614. The van der Waals surface area contributed by atoms with Crippen molar-refractivity contribution in [3.8, 4) is 0 Å². The topological polar surface area (TPSA) is 51.1 Å². The van der Waals surface area contributed by atoms with E-state index in [0.29, 0.717) is 24.9 Å². The third kappa shape index (κ3) is 3.24. The van der Waals surface area contributed by atoms with Crippen molar-refractivity contribution in [3.05, 3.63) is 33.9 Å². The van der Waals surface area contributed by atoms with Gasteiger partial charge in [-0.2, -0.15) is 0 Å². The van der Waals surface area contributed by atoms with Crippen LogP contribution >= 0.6 is 11.3 Å². The summed E-state index contributed by atoms with van der Waals surface area (Å²) < 4.78 is 2.69. The second-order valence-electron chi connectivity index (χ2n) is 6.17. The van der Waals surface area contributed by atoms with Crippen molar-refractivity contribution in [1.82, 2.24) is 9.88 Å². The Morgan fingerprint density at radius 2 is 2.09 bits per heavy atom. The molecule has 1 amide bonds. The number of nitrogens with zero attached hydrogens (tertiary/aromatic N) is 1. The van der Waals surface area contributed by atoms with Gasteiger partial charge in [0.05, 0.1) is 10.2 Å². The van der Waals surface area contributed by atoms with Crippen molar-refractivity contribution in [2.24, 2.45) is 5.92 Å². The summed E-state index contributed by atoms with van der Waals surface area (Å²) >= 11 is 1.24. The molecule has 4 nitrogen and oxygen atoms in total. The van der Waals surface area contributed by atoms with E-state index in [1.54, 1.807) is 4.57 Å². The number of rotatable bonds is 4. The lowest BCUT2D eigenvalue weighted by molar-refractivity contribution is -0.122. The highest BCUT2D eigenvalue weighted by molar-refractivity contribution is 7.16. The van der Waals surface area contributed by atoms with Crippen LogP contribution in [-0.2, 0) is 11.3 Å². The van der Waals surface area contributed by atoms with E-state index < -0.39 is 0 Å². The van der Waals surface area contributed by atoms with Crippen molar-refractivity contribution >= 4 is 27.5 Å². The van der Waals surface area contributed by atoms with Crippen LogP contribution in [0.25, 0.3) is 10.2 Å². The minimum atomic E-state index is 0.0139. The highest BCUT2D eigenvalue weighted by atomic mass is 32.1. The van der Waals surface area contributed by atoms with Gasteiger partial charge in [0.25, 0.3) is 0 Å². The molecule has 1 heterocycles. The van der Waals surface area contributed by atoms with Crippen molar-refractivity contribution in [2.75, 3.05) is 0 Å². The Balaban J connectivity index is 1.63. The smallest absolute Gasteiger partial charge is 0.308 e. The van der Waals surface area contributed by atoms with E-state index >= 15 is 0 Å². The molecule has 1 aromatic carbocycles. The standard InChI is InChI=1S/C17H22N2O2S/c1-12-6-2-3-7-13(12)18-16(20)10-11-19-14-8-4-5-9-15(14)22-17(19)21/h4-5,8-9,12-13H,2-3,6-7,10-11H2,1H3,(H,18,20)/t12-,13+/m0/s1. The van der Waals surface area contributed by atoms with Crippen LogP contribution in [0.4, 0.5) is 0 Å². The van der Waals surface area contributed by atoms with E-state index in [9.17, 15) is 9.59 Å². The van der Waals surface area contributed by atoms with Crippen LogP contribution < -0.4 is 10.2 Å². The molecule has 5 heteroatoms. The molecule has 0 spiro atoms. The van der Waals surface area contributed by atoms with E-state index in [-0.39, 0.29) is 10.8 Å². The monoisotopic (exact) mass is 318 g/mol. The molecule has 1 aliphatic carbocycles. The predicted octanol–water partition coefficient (Wildman–Crippen LogP) is 3.15. The number of aryl methyl sites for hydroxylation is 1. The molecular formula is C17H22N2O2S. The fourth-order valence-electron chi connectivity index (χ4n) is 3.25. The zero-order chi connectivity index (χ0) is 15.5. The molecule has 118 valence electrons.